The number of nitro groups is 1. The highest BCUT2D eigenvalue weighted by Gasteiger charge is 2.21. The fourth-order valence-corrected chi connectivity index (χ4v) is 3.26. The van der Waals surface area contributed by atoms with Gasteiger partial charge in [0.15, 0.2) is 5.82 Å². The zero-order valence-corrected chi connectivity index (χ0v) is 17.8. The van der Waals surface area contributed by atoms with Crippen molar-refractivity contribution in [1.29, 1.82) is 0 Å². The maximum absolute atomic E-state index is 14.8. The normalized spacial score (nSPS) is 11.3. The molecule has 0 amide bonds. The molecule has 0 atom stereocenters. The average Bonchev–Trinajstić information content (AvgIpc) is 3.34. The standard InChI is InChI=1S/C24H16F2N4O5/c25-17-8-2-1-5-14(17)11-18-23(29-19(24(31)32)12-15-6-4-10-35-15)27-13-20(28-18)16-7-3-9-21(22(16)26)30(33)34/h1-10,12-13H,11H2,(H,27,29)(H,31,32)/b19-12-. The second-order valence-corrected chi connectivity index (χ2v) is 7.22. The van der Waals surface area contributed by atoms with Crippen molar-refractivity contribution in [2.24, 2.45) is 0 Å². The molecule has 0 aliphatic rings. The van der Waals surface area contributed by atoms with E-state index in [2.05, 4.69) is 15.3 Å². The van der Waals surface area contributed by atoms with Crippen molar-refractivity contribution in [3.63, 3.8) is 0 Å². The highest BCUT2D eigenvalue weighted by atomic mass is 19.1. The minimum atomic E-state index is -1.33. The lowest BCUT2D eigenvalue weighted by Gasteiger charge is -2.13. The van der Waals surface area contributed by atoms with Gasteiger partial charge in [-0.3, -0.25) is 10.1 Å². The summed E-state index contributed by atoms with van der Waals surface area (Å²) in [6, 6.07) is 12.6. The summed E-state index contributed by atoms with van der Waals surface area (Å²) >= 11 is 0. The molecular formula is C24H16F2N4O5. The number of carboxylic acids is 1. The zero-order valence-electron chi connectivity index (χ0n) is 17.8. The van der Waals surface area contributed by atoms with Crippen molar-refractivity contribution in [1.82, 2.24) is 9.97 Å². The van der Waals surface area contributed by atoms with E-state index in [9.17, 15) is 28.8 Å². The zero-order chi connectivity index (χ0) is 24.9. The van der Waals surface area contributed by atoms with E-state index in [1.54, 1.807) is 18.2 Å². The summed E-state index contributed by atoms with van der Waals surface area (Å²) in [5.74, 6) is -2.73. The summed E-state index contributed by atoms with van der Waals surface area (Å²) in [5.41, 5.74) is -0.957. The maximum Gasteiger partial charge on any atom is 0.352 e. The van der Waals surface area contributed by atoms with Crippen molar-refractivity contribution in [3.8, 4) is 11.3 Å². The monoisotopic (exact) mass is 478 g/mol. The number of furan rings is 1. The number of aliphatic carboxylic acids is 1. The molecule has 0 saturated heterocycles. The van der Waals surface area contributed by atoms with Crippen LogP contribution in [0.5, 0.6) is 0 Å². The van der Waals surface area contributed by atoms with E-state index >= 15 is 0 Å². The van der Waals surface area contributed by atoms with Crippen LogP contribution in [-0.4, -0.2) is 26.0 Å². The molecule has 0 aliphatic heterocycles. The van der Waals surface area contributed by atoms with Gasteiger partial charge in [0.25, 0.3) is 0 Å². The van der Waals surface area contributed by atoms with Gasteiger partial charge in [-0.1, -0.05) is 24.3 Å². The van der Waals surface area contributed by atoms with Crippen LogP contribution in [0.1, 0.15) is 17.0 Å². The number of nitrogens with one attached hydrogen (secondary N) is 1. The number of carbonyl (C=O) groups is 1. The Kier molecular flexibility index (Phi) is 6.58. The number of anilines is 1. The molecular weight excluding hydrogens is 462 g/mol. The van der Waals surface area contributed by atoms with Crippen LogP contribution in [0.15, 0.2) is 77.2 Å². The third-order valence-electron chi connectivity index (χ3n) is 4.92. The largest absolute Gasteiger partial charge is 0.477 e. The Morgan fingerprint density at radius 2 is 1.94 bits per heavy atom. The highest BCUT2D eigenvalue weighted by Crippen LogP contribution is 2.29. The molecule has 4 aromatic rings. The van der Waals surface area contributed by atoms with E-state index in [4.69, 9.17) is 4.42 Å². The molecule has 176 valence electrons. The molecule has 0 aliphatic carbocycles. The molecule has 2 aromatic heterocycles. The smallest absolute Gasteiger partial charge is 0.352 e. The summed E-state index contributed by atoms with van der Waals surface area (Å²) in [4.78, 5) is 30.6. The molecule has 2 heterocycles. The van der Waals surface area contributed by atoms with E-state index in [0.717, 1.165) is 12.3 Å². The first kappa shape index (κ1) is 23.2. The molecule has 35 heavy (non-hydrogen) atoms. The van der Waals surface area contributed by atoms with Crippen molar-refractivity contribution in [2.75, 3.05) is 5.32 Å². The van der Waals surface area contributed by atoms with Crippen LogP contribution in [0.3, 0.4) is 0 Å². The number of nitrogens with zero attached hydrogens (tertiary/aromatic N) is 3. The van der Waals surface area contributed by atoms with Crippen molar-refractivity contribution < 1.29 is 28.0 Å². The van der Waals surface area contributed by atoms with Crippen LogP contribution in [-0.2, 0) is 11.2 Å². The van der Waals surface area contributed by atoms with Gasteiger partial charge in [-0.25, -0.2) is 19.2 Å². The van der Waals surface area contributed by atoms with Gasteiger partial charge in [-0.2, -0.15) is 4.39 Å². The number of rotatable bonds is 8. The molecule has 11 heteroatoms. The Morgan fingerprint density at radius 3 is 2.63 bits per heavy atom. The Balaban J connectivity index is 1.81. The first-order chi connectivity index (χ1) is 16.8. The van der Waals surface area contributed by atoms with Crippen LogP contribution in [0.2, 0.25) is 0 Å². The first-order valence-corrected chi connectivity index (χ1v) is 10.1. The summed E-state index contributed by atoms with van der Waals surface area (Å²) in [6.07, 6.45) is 3.61. The predicted molar refractivity (Wildman–Crippen MR) is 121 cm³/mol. The summed E-state index contributed by atoms with van der Waals surface area (Å²) in [7, 11) is 0. The van der Waals surface area contributed by atoms with Gasteiger partial charge >= 0.3 is 11.7 Å². The van der Waals surface area contributed by atoms with Crippen LogP contribution in [0.4, 0.5) is 20.3 Å². The van der Waals surface area contributed by atoms with E-state index in [-0.39, 0.29) is 46.2 Å². The Morgan fingerprint density at radius 1 is 1.14 bits per heavy atom. The van der Waals surface area contributed by atoms with E-state index in [1.807, 2.05) is 0 Å². The maximum atomic E-state index is 14.8. The van der Waals surface area contributed by atoms with Crippen molar-refractivity contribution in [3.05, 3.63) is 112 Å². The Bertz CT molecular complexity index is 1440. The number of benzene rings is 2. The van der Waals surface area contributed by atoms with E-state index in [0.29, 0.717) is 0 Å². The summed E-state index contributed by atoms with van der Waals surface area (Å²) < 4.78 is 34.3. The molecule has 9 nitrogen and oxygen atoms in total. The number of carboxylic acid groups (broad SMARTS) is 1. The SMILES string of the molecule is O=C(O)/C(=C/c1ccco1)Nc1ncc(-c2cccc([N+](=O)[O-])c2F)nc1Cc1ccccc1F. The number of hydrogen-bond acceptors (Lipinski definition) is 7. The van der Waals surface area contributed by atoms with E-state index in [1.165, 1.54) is 42.7 Å². The predicted octanol–water partition coefficient (Wildman–Crippen LogP) is 5.05. The number of nitro benzene ring substituents is 1. The van der Waals surface area contributed by atoms with Gasteiger partial charge < -0.3 is 14.8 Å². The van der Waals surface area contributed by atoms with Crippen molar-refractivity contribution in [2.45, 2.75) is 6.42 Å². The average molecular weight is 478 g/mol. The van der Waals surface area contributed by atoms with Gasteiger partial charge in [-0.05, 0) is 29.8 Å². The lowest BCUT2D eigenvalue weighted by Crippen LogP contribution is -2.14. The van der Waals surface area contributed by atoms with E-state index < -0.39 is 28.2 Å². The number of aromatic nitrogens is 2. The minimum absolute atomic E-state index is 0.0250. The number of hydrogen-bond donors (Lipinski definition) is 2. The molecule has 0 unspecified atom stereocenters. The lowest BCUT2D eigenvalue weighted by atomic mass is 10.1. The highest BCUT2D eigenvalue weighted by molar-refractivity contribution is 5.95. The molecule has 0 radical (unpaired) electrons. The molecule has 2 aromatic carbocycles. The molecule has 4 rings (SSSR count). The quantitative estimate of drug-likeness (QED) is 0.204. The summed E-state index contributed by atoms with van der Waals surface area (Å²) in [5, 5.41) is 23.4. The first-order valence-electron chi connectivity index (χ1n) is 10.1. The Hall–Kier alpha value is -4.93. The molecule has 0 saturated carbocycles. The van der Waals surface area contributed by atoms with Crippen LogP contribution in [0, 0.1) is 21.7 Å². The van der Waals surface area contributed by atoms with Crippen LogP contribution >= 0.6 is 0 Å². The minimum Gasteiger partial charge on any atom is -0.477 e. The van der Waals surface area contributed by atoms with Crippen molar-refractivity contribution >= 4 is 23.6 Å². The molecule has 2 N–H and O–H groups in total. The fourth-order valence-electron chi connectivity index (χ4n) is 3.26. The van der Waals surface area contributed by atoms with Gasteiger partial charge in [0.2, 0.25) is 5.82 Å². The molecule has 0 spiro atoms. The second-order valence-electron chi connectivity index (χ2n) is 7.22. The molecule has 0 bridgehead atoms. The topological polar surface area (TPSA) is 131 Å². The lowest BCUT2D eigenvalue weighted by molar-refractivity contribution is -0.387. The Labute approximate surface area is 196 Å². The second kappa shape index (κ2) is 9.91. The van der Waals surface area contributed by atoms with Gasteiger partial charge in [0, 0.05) is 24.1 Å². The van der Waals surface area contributed by atoms with Gasteiger partial charge in [0.1, 0.15) is 17.3 Å². The van der Waals surface area contributed by atoms with Gasteiger partial charge in [-0.15, -0.1) is 0 Å². The third-order valence-corrected chi connectivity index (χ3v) is 4.92. The van der Waals surface area contributed by atoms with Gasteiger partial charge in [0.05, 0.1) is 28.8 Å². The molecule has 0 fully saturated rings. The van der Waals surface area contributed by atoms with Crippen LogP contribution in [0.25, 0.3) is 17.3 Å². The number of halogens is 2. The third kappa shape index (κ3) is 5.19. The van der Waals surface area contributed by atoms with Crippen LogP contribution < -0.4 is 5.32 Å². The fraction of sp³-hybridized carbons (Fsp3) is 0.0417. The summed E-state index contributed by atoms with van der Waals surface area (Å²) in [6.45, 7) is 0.